The lowest BCUT2D eigenvalue weighted by Crippen LogP contribution is -1.93. The summed E-state index contributed by atoms with van der Waals surface area (Å²) in [5.74, 6) is 0. The molecule has 2 heteroatoms. The number of benzene rings is 7. The predicted octanol–water partition coefficient (Wildman–Crippen LogP) is 11.2. The summed E-state index contributed by atoms with van der Waals surface area (Å²) in [5.41, 5.74) is 12.1. The molecule has 44 heavy (non-hydrogen) atoms. The maximum Gasteiger partial charge on any atom is 0.0547 e. The first kappa shape index (κ1) is 24.7. The predicted molar refractivity (Wildman–Crippen MR) is 186 cm³/mol. The zero-order valence-corrected chi connectivity index (χ0v) is 24.1. The van der Waals surface area contributed by atoms with Crippen molar-refractivity contribution in [1.82, 2.24) is 9.13 Å². The molecule has 0 fully saturated rings. The van der Waals surface area contributed by atoms with Gasteiger partial charge in [0.25, 0.3) is 0 Å². The van der Waals surface area contributed by atoms with Crippen LogP contribution < -0.4 is 0 Å². The quantitative estimate of drug-likeness (QED) is 0.203. The van der Waals surface area contributed by atoms with Crippen LogP contribution in [-0.2, 0) is 0 Å². The average molecular weight is 561 g/mol. The van der Waals surface area contributed by atoms with Crippen LogP contribution in [0, 0.1) is 0 Å². The van der Waals surface area contributed by atoms with E-state index in [-0.39, 0.29) is 0 Å². The number of hydrogen-bond donors (Lipinski definition) is 0. The van der Waals surface area contributed by atoms with Crippen LogP contribution in [0.15, 0.2) is 170 Å². The summed E-state index contributed by atoms with van der Waals surface area (Å²) in [5, 5.41) is 5.05. The highest BCUT2D eigenvalue weighted by Crippen LogP contribution is 2.39. The van der Waals surface area contributed by atoms with Crippen molar-refractivity contribution in [2.45, 2.75) is 0 Å². The van der Waals surface area contributed by atoms with Crippen molar-refractivity contribution in [3.8, 4) is 33.6 Å². The Labute approximate surface area is 255 Å². The summed E-state index contributed by atoms with van der Waals surface area (Å²) in [4.78, 5) is 0. The van der Waals surface area contributed by atoms with Gasteiger partial charge in [-0.1, -0.05) is 109 Å². The zero-order valence-electron chi connectivity index (χ0n) is 24.1. The molecule has 9 rings (SSSR count). The summed E-state index contributed by atoms with van der Waals surface area (Å²) >= 11 is 0. The zero-order chi connectivity index (χ0) is 29.0. The SMILES string of the molecule is c1ccc(-c2ccc3c(c2)c2ccc(-c4ccc5c(c4)c4ccccc4n5-c4ccccc4)cc2n3-c2ccccc2)cc1. The standard InChI is InChI=1S/C42H28N2/c1-4-12-29(13-5-1)30-21-24-41-38(26-30)36-23-20-32(28-42(36)44(41)34-16-8-3-9-17-34)31-22-25-40-37(27-31)35-18-10-11-19-39(35)43(40)33-14-6-2-7-15-33/h1-28H. The third-order valence-electron chi connectivity index (χ3n) is 8.91. The molecule has 2 heterocycles. The van der Waals surface area contributed by atoms with Crippen LogP contribution in [-0.4, -0.2) is 9.13 Å². The van der Waals surface area contributed by atoms with Crippen molar-refractivity contribution in [3.63, 3.8) is 0 Å². The largest absolute Gasteiger partial charge is 0.309 e. The van der Waals surface area contributed by atoms with E-state index in [0.29, 0.717) is 0 Å². The number of fused-ring (bicyclic) bond motifs is 6. The molecule has 0 radical (unpaired) electrons. The minimum absolute atomic E-state index is 1.17. The van der Waals surface area contributed by atoms with E-state index >= 15 is 0 Å². The Bertz CT molecular complexity index is 2470. The number of aromatic nitrogens is 2. The van der Waals surface area contributed by atoms with E-state index in [2.05, 4.69) is 179 Å². The van der Waals surface area contributed by atoms with Gasteiger partial charge in [0.15, 0.2) is 0 Å². The number of nitrogens with zero attached hydrogens (tertiary/aromatic N) is 2. The highest BCUT2D eigenvalue weighted by atomic mass is 15.0. The molecule has 9 aromatic rings. The van der Waals surface area contributed by atoms with Crippen LogP contribution in [0.1, 0.15) is 0 Å². The Morgan fingerprint density at radius 1 is 0.250 bits per heavy atom. The Balaban J connectivity index is 1.27. The molecule has 2 aromatic heterocycles. The first-order valence-electron chi connectivity index (χ1n) is 15.1. The second-order valence-electron chi connectivity index (χ2n) is 11.4. The Morgan fingerprint density at radius 2 is 0.682 bits per heavy atom. The van der Waals surface area contributed by atoms with Crippen LogP contribution in [0.25, 0.3) is 77.2 Å². The molecular weight excluding hydrogens is 532 g/mol. The third-order valence-corrected chi connectivity index (χ3v) is 8.91. The minimum atomic E-state index is 1.17. The fourth-order valence-electron chi connectivity index (χ4n) is 6.87. The van der Waals surface area contributed by atoms with Gasteiger partial charge in [-0.15, -0.1) is 0 Å². The van der Waals surface area contributed by atoms with Crippen molar-refractivity contribution in [1.29, 1.82) is 0 Å². The Morgan fingerprint density at radius 3 is 1.32 bits per heavy atom. The molecule has 0 spiro atoms. The van der Waals surface area contributed by atoms with E-state index in [0.717, 1.165) is 0 Å². The first-order chi connectivity index (χ1) is 21.8. The normalized spacial score (nSPS) is 11.6. The highest BCUT2D eigenvalue weighted by Gasteiger charge is 2.16. The summed E-state index contributed by atoms with van der Waals surface area (Å²) < 4.78 is 4.78. The van der Waals surface area contributed by atoms with Gasteiger partial charge in [-0.3, -0.25) is 0 Å². The molecule has 0 bridgehead atoms. The van der Waals surface area contributed by atoms with Gasteiger partial charge in [0.05, 0.1) is 22.1 Å². The summed E-state index contributed by atoms with van der Waals surface area (Å²) in [6.07, 6.45) is 0. The molecule has 0 aliphatic heterocycles. The lowest BCUT2D eigenvalue weighted by Gasteiger charge is -2.10. The number of hydrogen-bond acceptors (Lipinski definition) is 0. The lowest BCUT2D eigenvalue weighted by molar-refractivity contribution is 1.18. The van der Waals surface area contributed by atoms with Crippen molar-refractivity contribution in [3.05, 3.63) is 170 Å². The van der Waals surface area contributed by atoms with Crippen molar-refractivity contribution < 1.29 is 0 Å². The highest BCUT2D eigenvalue weighted by molar-refractivity contribution is 6.13. The topological polar surface area (TPSA) is 9.86 Å². The molecule has 206 valence electrons. The average Bonchev–Trinajstić information content (AvgIpc) is 3.61. The van der Waals surface area contributed by atoms with E-state index < -0.39 is 0 Å². The van der Waals surface area contributed by atoms with E-state index in [1.54, 1.807) is 0 Å². The number of para-hydroxylation sites is 3. The molecule has 2 nitrogen and oxygen atoms in total. The Hall–Kier alpha value is -5.86. The van der Waals surface area contributed by atoms with Crippen LogP contribution in [0.5, 0.6) is 0 Å². The lowest BCUT2D eigenvalue weighted by atomic mass is 10.00. The molecule has 0 unspecified atom stereocenters. The van der Waals surface area contributed by atoms with E-state index in [1.165, 1.54) is 77.2 Å². The van der Waals surface area contributed by atoms with Crippen LogP contribution in [0.4, 0.5) is 0 Å². The van der Waals surface area contributed by atoms with Crippen LogP contribution >= 0.6 is 0 Å². The molecule has 7 aromatic carbocycles. The first-order valence-corrected chi connectivity index (χ1v) is 15.1. The van der Waals surface area contributed by atoms with Gasteiger partial charge in [0, 0.05) is 32.9 Å². The second kappa shape index (κ2) is 9.86. The van der Waals surface area contributed by atoms with E-state index in [1.807, 2.05) is 0 Å². The van der Waals surface area contributed by atoms with Gasteiger partial charge in [-0.2, -0.15) is 0 Å². The van der Waals surface area contributed by atoms with Gasteiger partial charge < -0.3 is 9.13 Å². The van der Waals surface area contributed by atoms with Crippen LogP contribution in [0.3, 0.4) is 0 Å². The molecule has 0 amide bonds. The fraction of sp³-hybridized carbons (Fsp3) is 0. The van der Waals surface area contributed by atoms with Gasteiger partial charge >= 0.3 is 0 Å². The van der Waals surface area contributed by atoms with E-state index in [9.17, 15) is 0 Å². The van der Waals surface area contributed by atoms with Crippen molar-refractivity contribution >= 4 is 43.6 Å². The molecule has 0 saturated heterocycles. The van der Waals surface area contributed by atoms with Gasteiger partial charge in [0.2, 0.25) is 0 Å². The third kappa shape index (κ3) is 3.82. The second-order valence-corrected chi connectivity index (χ2v) is 11.4. The monoisotopic (exact) mass is 560 g/mol. The minimum Gasteiger partial charge on any atom is -0.309 e. The van der Waals surface area contributed by atoms with E-state index in [4.69, 9.17) is 0 Å². The fourth-order valence-corrected chi connectivity index (χ4v) is 6.87. The summed E-state index contributed by atoms with van der Waals surface area (Å²) in [7, 11) is 0. The molecular formula is C42H28N2. The number of rotatable bonds is 4. The summed E-state index contributed by atoms with van der Waals surface area (Å²) in [6, 6.07) is 61.4. The van der Waals surface area contributed by atoms with Crippen molar-refractivity contribution in [2.75, 3.05) is 0 Å². The molecule has 0 aliphatic rings. The van der Waals surface area contributed by atoms with Gasteiger partial charge in [0.1, 0.15) is 0 Å². The molecule has 0 atom stereocenters. The van der Waals surface area contributed by atoms with Gasteiger partial charge in [-0.25, -0.2) is 0 Å². The van der Waals surface area contributed by atoms with Gasteiger partial charge in [-0.05, 0) is 82.9 Å². The molecule has 0 saturated carbocycles. The summed E-state index contributed by atoms with van der Waals surface area (Å²) in [6.45, 7) is 0. The molecule has 0 aliphatic carbocycles. The maximum atomic E-state index is 2.41. The maximum absolute atomic E-state index is 2.41. The smallest absolute Gasteiger partial charge is 0.0547 e. The van der Waals surface area contributed by atoms with Crippen molar-refractivity contribution in [2.24, 2.45) is 0 Å². The Kier molecular flexibility index (Phi) is 5.54. The molecule has 0 N–H and O–H groups in total. The van der Waals surface area contributed by atoms with Crippen LogP contribution in [0.2, 0.25) is 0 Å².